The van der Waals surface area contributed by atoms with E-state index >= 15 is 0 Å². The van der Waals surface area contributed by atoms with Crippen LogP contribution in [0.2, 0.25) is 0 Å². The highest BCUT2D eigenvalue weighted by Crippen LogP contribution is 2.20. The van der Waals surface area contributed by atoms with Gasteiger partial charge in [0.2, 0.25) is 6.10 Å². The highest BCUT2D eigenvalue weighted by molar-refractivity contribution is 5.85. The van der Waals surface area contributed by atoms with Crippen molar-refractivity contribution in [2.24, 2.45) is 0 Å². The number of carboxylic acids is 1. The van der Waals surface area contributed by atoms with Crippen molar-refractivity contribution in [3.05, 3.63) is 0 Å². The quantitative estimate of drug-likeness (QED) is 0.647. The van der Waals surface area contributed by atoms with Crippen molar-refractivity contribution in [2.75, 3.05) is 6.54 Å². The van der Waals surface area contributed by atoms with Gasteiger partial charge in [0.25, 0.3) is 5.91 Å². The van der Waals surface area contributed by atoms with Crippen LogP contribution in [0.4, 0.5) is 18.0 Å². The van der Waals surface area contributed by atoms with E-state index < -0.39 is 30.2 Å². The molecule has 2 aliphatic rings. The standard InChI is InChI=1S/C8H12N2O4.C2HF3O2/c11-7(6-4-9-8(12)13-6)10-14-5-2-1-3-5;3-2(4,5)1(6)7/h5-6H,1-4H2,(H,9,12)(H,10,11);(H,6,7)/t6-;/m0./s1. The number of halogens is 3. The number of carbonyl (C=O) groups is 3. The van der Waals surface area contributed by atoms with E-state index in [0.29, 0.717) is 0 Å². The fourth-order valence-corrected chi connectivity index (χ4v) is 1.23. The SMILES string of the molecule is O=C(O)C(F)(F)F.O=C1NC[C@@H](C(=O)NOC2CCC2)O1. The largest absolute Gasteiger partial charge is 0.490 e. The lowest BCUT2D eigenvalue weighted by Gasteiger charge is -2.25. The molecule has 2 amide bonds. The van der Waals surface area contributed by atoms with Crippen LogP contribution in [0.1, 0.15) is 19.3 Å². The van der Waals surface area contributed by atoms with Gasteiger partial charge in [-0.1, -0.05) is 0 Å². The Kier molecular flexibility index (Phi) is 5.76. The normalized spacial score (nSPS) is 21.3. The first kappa shape index (κ1) is 17.0. The van der Waals surface area contributed by atoms with E-state index in [2.05, 4.69) is 15.5 Å². The van der Waals surface area contributed by atoms with Crippen LogP contribution < -0.4 is 10.8 Å². The molecule has 3 N–H and O–H groups in total. The van der Waals surface area contributed by atoms with Crippen molar-refractivity contribution in [3.8, 4) is 0 Å². The minimum Gasteiger partial charge on any atom is -0.475 e. The minimum atomic E-state index is -5.08. The lowest BCUT2D eigenvalue weighted by atomic mass is 9.97. The van der Waals surface area contributed by atoms with Crippen LogP contribution in [-0.2, 0) is 19.2 Å². The number of aliphatic carboxylic acids is 1. The Morgan fingerprint density at radius 3 is 2.29 bits per heavy atom. The first-order valence-electron chi connectivity index (χ1n) is 5.90. The van der Waals surface area contributed by atoms with E-state index in [4.69, 9.17) is 14.7 Å². The second kappa shape index (κ2) is 7.11. The molecule has 8 nitrogen and oxygen atoms in total. The van der Waals surface area contributed by atoms with Crippen LogP contribution in [0, 0.1) is 0 Å². The molecular formula is C10H13F3N2O6. The number of amides is 2. The summed E-state index contributed by atoms with van der Waals surface area (Å²) in [5.41, 5.74) is 2.29. The molecular weight excluding hydrogens is 301 g/mol. The molecule has 1 heterocycles. The summed E-state index contributed by atoms with van der Waals surface area (Å²) in [4.78, 5) is 35.9. The minimum absolute atomic E-state index is 0.129. The summed E-state index contributed by atoms with van der Waals surface area (Å²) in [7, 11) is 0. The molecule has 1 aliphatic heterocycles. The zero-order chi connectivity index (χ0) is 16.0. The predicted octanol–water partition coefficient (Wildman–Crippen LogP) is 0.328. The number of cyclic esters (lactones) is 1. The van der Waals surface area contributed by atoms with E-state index in [0.717, 1.165) is 19.3 Å². The van der Waals surface area contributed by atoms with Crippen LogP contribution in [0.15, 0.2) is 0 Å². The number of hydrogen-bond donors (Lipinski definition) is 3. The molecule has 1 saturated carbocycles. The van der Waals surface area contributed by atoms with Gasteiger partial charge in [-0.05, 0) is 19.3 Å². The molecule has 0 aromatic heterocycles. The van der Waals surface area contributed by atoms with E-state index in [-0.39, 0.29) is 12.6 Å². The van der Waals surface area contributed by atoms with Gasteiger partial charge in [0.1, 0.15) is 0 Å². The molecule has 0 spiro atoms. The van der Waals surface area contributed by atoms with Gasteiger partial charge in [-0.25, -0.2) is 15.1 Å². The average Bonchev–Trinajstić information content (AvgIpc) is 2.73. The first-order chi connectivity index (χ1) is 9.70. The second-order valence-electron chi connectivity index (χ2n) is 4.21. The van der Waals surface area contributed by atoms with Gasteiger partial charge in [-0.3, -0.25) is 9.63 Å². The number of hydroxylamine groups is 1. The highest BCUT2D eigenvalue weighted by Gasteiger charge is 2.38. The molecule has 2 rings (SSSR count). The van der Waals surface area contributed by atoms with Crippen LogP contribution in [0.5, 0.6) is 0 Å². The molecule has 11 heteroatoms. The molecule has 0 aromatic carbocycles. The Bertz CT molecular complexity index is 410. The van der Waals surface area contributed by atoms with Crippen molar-refractivity contribution in [3.63, 3.8) is 0 Å². The van der Waals surface area contributed by atoms with Gasteiger partial charge in [0.05, 0.1) is 12.6 Å². The Labute approximate surface area is 116 Å². The summed E-state index contributed by atoms with van der Waals surface area (Å²) < 4.78 is 36.4. The molecule has 21 heavy (non-hydrogen) atoms. The van der Waals surface area contributed by atoms with Crippen LogP contribution >= 0.6 is 0 Å². The third-order valence-electron chi connectivity index (χ3n) is 2.59. The number of carboxylic acid groups (broad SMARTS) is 1. The molecule has 2 fully saturated rings. The highest BCUT2D eigenvalue weighted by atomic mass is 19.4. The smallest absolute Gasteiger partial charge is 0.475 e. The third-order valence-corrected chi connectivity index (χ3v) is 2.59. The molecule has 1 atom stereocenters. The zero-order valence-corrected chi connectivity index (χ0v) is 10.6. The molecule has 0 unspecified atom stereocenters. The van der Waals surface area contributed by atoms with Crippen molar-refractivity contribution in [1.29, 1.82) is 0 Å². The maximum Gasteiger partial charge on any atom is 0.490 e. The maximum absolute atomic E-state index is 11.3. The Morgan fingerprint density at radius 2 is 1.95 bits per heavy atom. The van der Waals surface area contributed by atoms with E-state index in [1.165, 1.54) is 0 Å². The number of ether oxygens (including phenoxy) is 1. The number of alkyl carbamates (subject to hydrolysis) is 1. The Hall–Kier alpha value is -2.04. The van der Waals surface area contributed by atoms with E-state index in [1.807, 2.05) is 0 Å². The van der Waals surface area contributed by atoms with E-state index in [9.17, 15) is 22.8 Å². The number of rotatable bonds is 3. The van der Waals surface area contributed by atoms with Crippen LogP contribution in [0.25, 0.3) is 0 Å². The van der Waals surface area contributed by atoms with Crippen LogP contribution in [-0.4, -0.2) is 48.0 Å². The van der Waals surface area contributed by atoms with Gasteiger partial charge in [0.15, 0.2) is 0 Å². The van der Waals surface area contributed by atoms with Crippen LogP contribution in [0.3, 0.4) is 0 Å². The van der Waals surface area contributed by atoms with Crippen molar-refractivity contribution < 1.29 is 42.2 Å². The van der Waals surface area contributed by atoms with E-state index in [1.54, 1.807) is 0 Å². The topological polar surface area (TPSA) is 114 Å². The molecule has 0 bridgehead atoms. The second-order valence-corrected chi connectivity index (χ2v) is 4.21. The molecule has 120 valence electrons. The van der Waals surface area contributed by atoms with Gasteiger partial charge in [0, 0.05) is 0 Å². The van der Waals surface area contributed by atoms with Gasteiger partial charge < -0.3 is 15.2 Å². The fourth-order valence-electron chi connectivity index (χ4n) is 1.23. The number of alkyl halides is 3. The molecule has 0 radical (unpaired) electrons. The molecule has 0 aromatic rings. The summed E-state index contributed by atoms with van der Waals surface area (Å²) >= 11 is 0. The van der Waals surface area contributed by atoms with Crippen molar-refractivity contribution in [2.45, 2.75) is 37.6 Å². The molecule has 1 saturated heterocycles. The molecule has 1 aliphatic carbocycles. The summed E-state index contributed by atoms with van der Waals surface area (Å²) in [5, 5.41) is 9.51. The predicted molar refractivity (Wildman–Crippen MR) is 58.8 cm³/mol. The summed E-state index contributed by atoms with van der Waals surface area (Å²) in [5.74, 6) is -3.16. The third kappa shape index (κ3) is 5.85. The number of nitrogens with one attached hydrogen (secondary N) is 2. The number of hydrogen-bond acceptors (Lipinski definition) is 5. The monoisotopic (exact) mass is 314 g/mol. The number of carbonyl (C=O) groups excluding carboxylic acids is 2. The Balaban J connectivity index is 0.000000270. The lowest BCUT2D eigenvalue weighted by molar-refractivity contribution is -0.192. The van der Waals surface area contributed by atoms with Gasteiger partial charge in [-0.15, -0.1) is 0 Å². The average molecular weight is 314 g/mol. The zero-order valence-electron chi connectivity index (χ0n) is 10.6. The van der Waals surface area contributed by atoms with Crippen molar-refractivity contribution >= 4 is 18.0 Å². The summed E-state index contributed by atoms with van der Waals surface area (Å²) in [6, 6.07) is 0. The Morgan fingerprint density at radius 1 is 1.38 bits per heavy atom. The first-order valence-corrected chi connectivity index (χ1v) is 5.90. The maximum atomic E-state index is 11.3. The van der Waals surface area contributed by atoms with Crippen molar-refractivity contribution in [1.82, 2.24) is 10.8 Å². The lowest BCUT2D eigenvalue weighted by Crippen LogP contribution is -2.40. The van der Waals surface area contributed by atoms with Gasteiger partial charge >= 0.3 is 18.2 Å². The summed E-state index contributed by atoms with van der Waals surface area (Å²) in [6.07, 6.45) is -3.19. The summed E-state index contributed by atoms with van der Waals surface area (Å²) in [6.45, 7) is 0.207. The van der Waals surface area contributed by atoms with Gasteiger partial charge in [-0.2, -0.15) is 13.2 Å². The fraction of sp³-hybridized carbons (Fsp3) is 0.700.